The van der Waals surface area contributed by atoms with Gasteiger partial charge in [0.15, 0.2) is 0 Å². The van der Waals surface area contributed by atoms with E-state index >= 15 is 0 Å². The molecule has 2 rings (SSSR count). The first-order valence-electron chi connectivity index (χ1n) is 4.52. The molecule has 15 heavy (non-hydrogen) atoms. The van der Waals surface area contributed by atoms with Gasteiger partial charge in [0.05, 0.1) is 0 Å². The fourth-order valence-corrected chi connectivity index (χ4v) is 3.36. The van der Waals surface area contributed by atoms with Crippen LogP contribution >= 0.6 is 37.6 Å². The number of hydrogen-bond acceptors (Lipinski definition) is 2. The van der Waals surface area contributed by atoms with E-state index in [1.807, 2.05) is 12.1 Å². The van der Waals surface area contributed by atoms with E-state index in [0.29, 0.717) is 0 Å². The predicted molar refractivity (Wildman–Crippen MR) is 67.6 cm³/mol. The first-order valence-corrected chi connectivity index (χ1v) is 6.96. The third-order valence-corrected chi connectivity index (χ3v) is 4.41. The lowest BCUT2D eigenvalue weighted by Gasteiger charge is -2.15. The Hall–Kier alpha value is -0.190. The highest BCUT2D eigenvalue weighted by atomic mass is 79.9. The van der Waals surface area contributed by atoms with Crippen molar-refractivity contribution >= 4 is 49.2 Å². The largest absolute Gasteiger partial charge is 0.312 e. The van der Waals surface area contributed by atoms with E-state index < -0.39 is 0 Å². The smallest absolute Gasteiger partial charge is 0.223 e. The lowest BCUT2D eigenvalue weighted by molar-refractivity contribution is -0.116. The van der Waals surface area contributed by atoms with Crippen molar-refractivity contribution in [3.8, 4) is 0 Å². The number of rotatable bonds is 1. The second kappa shape index (κ2) is 4.36. The van der Waals surface area contributed by atoms with Crippen LogP contribution < -0.4 is 4.90 Å². The molecule has 0 saturated carbocycles. The van der Waals surface area contributed by atoms with Gasteiger partial charge in [-0.1, -0.05) is 0 Å². The van der Waals surface area contributed by atoms with Gasteiger partial charge >= 0.3 is 0 Å². The first-order chi connectivity index (χ1) is 7.13. The topological polar surface area (TPSA) is 20.3 Å². The van der Waals surface area contributed by atoms with Crippen LogP contribution in [-0.4, -0.2) is 12.5 Å². The number of benzene rings is 1. The SMILES string of the molecule is CC(=O)N1CCc2cc(Br)c(SCl)cc21. The van der Waals surface area contributed by atoms with E-state index in [-0.39, 0.29) is 5.91 Å². The van der Waals surface area contributed by atoms with Crippen molar-refractivity contribution in [1.29, 1.82) is 0 Å². The number of hydrogen-bond donors (Lipinski definition) is 0. The summed E-state index contributed by atoms with van der Waals surface area (Å²) in [4.78, 5) is 14.1. The van der Waals surface area contributed by atoms with Gasteiger partial charge in [0.25, 0.3) is 0 Å². The molecule has 1 aliphatic rings. The van der Waals surface area contributed by atoms with Crippen molar-refractivity contribution < 1.29 is 4.79 Å². The van der Waals surface area contributed by atoms with Gasteiger partial charge in [-0.3, -0.25) is 4.79 Å². The molecule has 1 aromatic rings. The van der Waals surface area contributed by atoms with Crippen molar-refractivity contribution in [2.45, 2.75) is 18.2 Å². The molecule has 0 N–H and O–H groups in total. The van der Waals surface area contributed by atoms with Crippen molar-refractivity contribution in [3.05, 3.63) is 22.2 Å². The number of fused-ring (bicyclic) bond motifs is 1. The molecule has 1 aliphatic heterocycles. The number of amides is 1. The molecule has 0 bridgehead atoms. The molecule has 80 valence electrons. The summed E-state index contributed by atoms with van der Waals surface area (Å²) in [6.45, 7) is 2.36. The molecule has 0 saturated heterocycles. The molecule has 1 aromatic carbocycles. The molecule has 0 spiro atoms. The Labute approximate surface area is 106 Å². The van der Waals surface area contributed by atoms with Crippen molar-refractivity contribution in [2.75, 3.05) is 11.4 Å². The fraction of sp³-hybridized carbons (Fsp3) is 0.300. The minimum atomic E-state index is 0.0848. The Morgan fingerprint density at radius 2 is 2.33 bits per heavy atom. The molecular weight excluding hydrogens is 298 g/mol. The Balaban J connectivity index is 2.48. The number of halogens is 2. The van der Waals surface area contributed by atoms with Gasteiger partial charge in [0.2, 0.25) is 5.91 Å². The van der Waals surface area contributed by atoms with Crippen molar-refractivity contribution in [3.63, 3.8) is 0 Å². The monoisotopic (exact) mass is 305 g/mol. The summed E-state index contributed by atoms with van der Waals surface area (Å²) in [7, 11) is 6.91. The van der Waals surface area contributed by atoms with Gasteiger partial charge in [-0.2, -0.15) is 0 Å². The van der Waals surface area contributed by atoms with Crippen LogP contribution in [0.1, 0.15) is 12.5 Å². The van der Waals surface area contributed by atoms with E-state index in [0.717, 1.165) is 39.0 Å². The highest BCUT2D eigenvalue weighted by Crippen LogP contribution is 2.38. The Bertz CT molecular complexity index is 424. The van der Waals surface area contributed by atoms with Crippen LogP contribution in [0.3, 0.4) is 0 Å². The number of anilines is 1. The van der Waals surface area contributed by atoms with Crippen molar-refractivity contribution in [1.82, 2.24) is 0 Å². The van der Waals surface area contributed by atoms with Crippen LogP contribution in [0, 0.1) is 0 Å². The third-order valence-electron chi connectivity index (χ3n) is 2.49. The summed E-state index contributed by atoms with van der Waals surface area (Å²) in [6.07, 6.45) is 0.917. The third kappa shape index (κ3) is 2.03. The maximum absolute atomic E-state index is 11.4. The van der Waals surface area contributed by atoms with Gasteiger partial charge in [0.1, 0.15) is 0 Å². The lowest BCUT2D eigenvalue weighted by Crippen LogP contribution is -2.25. The zero-order chi connectivity index (χ0) is 11.0. The van der Waals surface area contributed by atoms with Crippen LogP contribution in [-0.2, 0) is 11.2 Å². The number of carbonyl (C=O) groups excluding carboxylic acids is 1. The summed E-state index contributed by atoms with van der Waals surface area (Å²) in [5.74, 6) is 0.0848. The Kier molecular flexibility index (Phi) is 3.28. The normalized spacial score (nSPS) is 14.2. The highest BCUT2D eigenvalue weighted by Gasteiger charge is 2.23. The Morgan fingerprint density at radius 3 is 2.93 bits per heavy atom. The van der Waals surface area contributed by atoms with Gasteiger partial charge < -0.3 is 4.90 Å². The lowest BCUT2D eigenvalue weighted by atomic mass is 10.2. The quantitative estimate of drug-likeness (QED) is 0.790. The summed E-state index contributed by atoms with van der Waals surface area (Å²) in [6, 6.07) is 4.01. The van der Waals surface area contributed by atoms with E-state index in [2.05, 4.69) is 15.9 Å². The van der Waals surface area contributed by atoms with Crippen molar-refractivity contribution in [2.24, 2.45) is 0 Å². The summed E-state index contributed by atoms with van der Waals surface area (Å²) < 4.78 is 0.992. The van der Waals surface area contributed by atoms with Crippen LogP contribution in [0.15, 0.2) is 21.5 Å². The zero-order valence-electron chi connectivity index (χ0n) is 8.09. The van der Waals surface area contributed by atoms with E-state index in [1.54, 1.807) is 11.8 Å². The molecule has 1 heterocycles. The average Bonchev–Trinajstić information content (AvgIpc) is 2.59. The van der Waals surface area contributed by atoms with Crippen LogP contribution in [0.2, 0.25) is 0 Å². The zero-order valence-corrected chi connectivity index (χ0v) is 11.2. The molecule has 0 aromatic heterocycles. The van der Waals surface area contributed by atoms with E-state index in [9.17, 15) is 4.79 Å². The van der Waals surface area contributed by atoms with Gasteiger partial charge in [-0.25, -0.2) is 0 Å². The molecular formula is C10H9BrClNOS. The number of nitrogens with zero attached hydrogens (tertiary/aromatic N) is 1. The van der Waals surface area contributed by atoms with E-state index in [1.165, 1.54) is 5.56 Å². The maximum atomic E-state index is 11.4. The Morgan fingerprint density at radius 1 is 1.60 bits per heavy atom. The summed E-state index contributed by atoms with van der Waals surface area (Å²) in [5.41, 5.74) is 2.19. The molecule has 0 atom stereocenters. The molecule has 0 radical (unpaired) electrons. The van der Waals surface area contributed by atoms with Gasteiger partial charge in [-0.15, -0.1) is 0 Å². The summed E-state index contributed by atoms with van der Waals surface area (Å²) >= 11 is 3.46. The molecule has 2 nitrogen and oxygen atoms in total. The van der Waals surface area contributed by atoms with Crippen LogP contribution in [0.5, 0.6) is 0 Å². The molecule has 0 unspecified atom stereocenters. The molecule has 0 fully saturated rings. The number of carbonyl (C=O) groups is 1. The second-order valence-electron chi connectivity index (χ2n) is 3.41. The highest BCUT2D eigenvalue weighted by molar-refractivity contribution is 9.10. The minimum Gasteiger partial charge on any atom is -0.312 e. The predicted octanol–water partition coefficient (Wildman–Crippen LogP) is 3.60. The molecule has 0 aliphatic carbocycles. The fourth-order valence-electron chi connectivity index (χ4n) is 1.77. The minimum absolute atomic E-state index is 0.0848. The molecule has 1 amide bonds. The summed E-state index contributed by atoms with van der Waals surface area (Å²) in [5, 5.41) is 0. The average molecular weight is 307 g/mol. The first kappa shape index (κ1) is 11.3. The van der Waals surface area contributed by atoms with Crippen LogP contribution in [0.4, 0.5) is 5.69 Å². The van der Waals surface area contributed by atoms with Crippen LogP contribution in [0.25, 0.3) is 0 Å². The van der Waals surface area contributed by atoms with Gasteiger partial charge in [-0.05, 0) is 61.7 Å². The van der Waals surface area contributed by atoms with Gasteiger partial charge in [0, 0.05) is 28.5 Å². The molecule has 5 heteroatoms. The standard InChI is InChI=1S/C10H9BrClNOS/c1-6(14)13-3-2-7-4-8(11)10(15-12)5-9(7)13/h4-5H,2-3H2,1H3. The van der Waals surface area contributed by atoms with E-state index in [4.69, 9.17) is 10.7 Å². The maximum Gasteiger partial charge on any atom is 0.223 e. The second-order valence-corrected chi connectivity index (χ2v) is 5.32.